The summed E-state index contributed by atoms with van der Waals surface area (Å²) in [5, 5.41) is 7.56. The number of nitrogen functional groups attached to an aromatic ring is 1. The van der Waals surface area contributed by atoms with Crippen molar-refractivity contribution >= 4 is 16.9 Å². The molecule has 0 amide bonds. The summed E-state index contributed by atoms with van der Waals surface area (Å²) in [4.78, 5) is 6.81. The minimum Gasteiger partial charge on any atom is -0.396 e. The fraction of sp³-hybridized carbons (Fsp3) is 0.643. The Bertz CT molecular complexity index is 560. The Balaban J connectivity index is 0.000000704. The molecule has 0 spiro atoms. The molecule has 6 nitrogen and oxygen atoms in total. The average molecular weight is 277 g/mol. The summed E-state index contributed by atoms with van der Waals surface area (Å²) in [5.74, 6) is 0. The number of rotatable bonds is 2. The summed E-state index contributed by atoms with van der Waals surface area (Å²) >= 11 is 0. The molecule has 110 valence electrons. The first-order valence-electron chi connectivity index (χ1n) is 7.35. The molecule has 6 heteroatoms. The van der Waals surface area contributed by atoms with Gasteiger partial charge >= 0.3 is 0 Å². The molecule has 0 radical (unpaired) electrons. The number of nitrogens with two attached hydrogens (primary N) is 1. The van der Waals surface area contributed by atoms with E-state index in [1.54, 1.807) is 0 Å². The molecule has 1 saturated heterocycles. The molecular formula is C14H23N5O. The van der Waals surface area contributed by atoms with Crippen LogP contribution < -0.4 is 5.73 Å². The van der Waals surface area contributed by atoms with E-state index in [-0.39, 0.29) is 0 Å². The Hall–Kier alpha value is -1.69. The lowest BCUT2D eigenvalue weighted by atomic mass is 10.1. The molecule has 1 aliphatic heterocycles. The van der Waals surface area contributed by atoms with E-state index in [9.17, 15) is 0 Å². The Morgan fingerprint density at radius 3 is 2.55 bits per heavy atom. The van der Waals surface area contributed by atoms with Crippen LogP contribution in [-0.2, 0) is 6.54 Å². The van der Waals surface area contributed by atoms with Crippen LogP contribution in [0.25, 0.3) is 11.2 Å². The second-order valence-electron chi connectivity index (χ2n) is 4.86. The summed E-state index contributed by atoms with van der Waals surface area (Å²) < 4.78 is 4.69. The third kappa shape index (κ3) is 2.90. The third-order valence-corrected chi connectivity index (χ3v) is 3.59. The van der Waals surface area contributed by atoms with Gasteiger partial charge in [-0.2, -0.15) is 0 Å². The van der Waals surface area contributed by atoms with Crippen molar-refractivity contribution in [3.05, 3.63) is 11.3 Å². The van der Waals surface area contributed by atoms with Crippen LogP contribution in [0.15, 0.2) is 4.63 Å². The molecule has 0 unspecified atom stereocenters. The van der Waals surface area contributed by atoms with Crippen LogP contribution >= 0.6 is 0 Å². The predicted octanol–water partition coefficient (Wildman–Crippen LogP) is 2.52. The molecule has 3 heterocycles. The minimum absolute atomic E-state index is 0.493. The largest absolute Gasteiger partial charge is 0.396 e. The molecule has 0 saturated carbocycles. The normalized spacial score (nSPS) is 15.9. The van der Waals surface area contributed by atoms with Gasteiger partial charge in [0.1, 0.15) is 0 Å². The second kappa shape index (κ2) is 6.65. The van der Waals surface area contributed by atoms with Gasteiger partial charge in [-0.1, -0.05) is 20.3 Å². The Morgan fingerprint density at radius 1 is 1.15 bits per heavy atom. The fourth-order valence-electron chi connectivity index (χ4n) is 2.53. The number of aryl methyl sites for hydroxylation is 1. The lowest BCUT2D eigenvalue weighted by Crippen LogP contribution is -2.29. The molecule has 0 aliphatic carbocycles. The van der Waals surface area contributed by atoms with E-state index in [1.165, 1.54) is 19.3 Å². The van der Waals surface area contributed by atoms with Gasteiger partial charge in [-0.25, -0.2) is 9.61 Å². The van der Waals surface area contributed by atoms with Crippen LogP contribution in [0.5, 0.6) is 0 Å². The zero-order valence-corrected chi connectivity index (χ0v) is 12.5. The SMILES string of the molecule is CC.Cc1nc2nonc2c(N)c1CN1CCCCC1. The van der Waals surface area contributed by atoms with Gasteiger partial charge in [0.05, 0.1) is 5.69 Å². The van der Waals surface area contributed by atoms with E-state index in [0.717, 1.165) is 30.9 Å². The van der Waals surface area contributed by atoms with Crippen molar-refractivity contribution in [3.8, 4) is 0 Å². The van der Waals surface area contributed by atoms with Crippen LogP contribution in [0.4, 0.5) is 5.69 Å². The number of likely N-dealkylation sites (tertiary alicyclic amines) is 1. The van der Waals surface area contributed by atoms with Crippen LogP contribution in [-0.4, -0.2) is 33.3 Å². The van der Waals surface area contributed by atoms with Crippen molar-refractivity contribution in [3.63, 3.8) is 0 Å². The number of aromatic nitrogens is 3. The standard InChI is InChI=1S/C12H17N5O.C2H6/c1-8-9(7-17-5-3-2-4-6-17)10(13)11-12(14-8)16-18-15-11;1-2/h2-7,13H2,1H3;1-2H3. The summed E-state index contributed by atoms with van der Waals surface area (Å²) in [5.41, 5.74) is 9.85. The van der Waals surface area contributed by atoms with Gasteiger partial charge in [-0.05, 0) is 43.2 Å². The van der Waals surface area contributed by atoms with Crippen LogP contribution in [0, 0.1) is 6.92 Å². The highest BCUT2D eigenvalue weighted by Gasteiger charge is 2.18. The monoisotopic (exact) mass is 277 g/mol. The van der Waals surface area contributed by atoms with Gasteiger partial charge < -0.3 is 5.73 Å². The zero-order valence-electron chi connectivity index (χ0n) is 12.5. The molecule has 0 atom stereocenters. The fourth-order valence-corrected chi connectivity index (χ4v) is 2.53. The Morgan fingerprint density at radius 2 is 1.85 bits per heavy atom. The average Bonchev–Trinajstić information content (AvgIpc) is 2.95. The molecule has 1 fully saturated rings. The summed E-state index contributed by atoms with van der Waals surface area (Å²) in [6, 6.07) is 0. The highest BCUT2D eigenvalue weighted by Crippen LogP contribution is 2.25. The van der Waals surface area contributed by atoms with Crippen molar-refractivity contribution < 1.29 is 4.63 Å². The van der Waals surface area contributed by atoms with Crippen molar-refractivity contribution in [2.75, 3.05) is 18.8 Å². The Kier molecular flexibility index (Phi) is 4.89. The molecule has 3 rings (SSSR count). The van der Waals surface area contributed by atoms with Gasteiger partial charge in [0, 0.05) is 17.8 Å². The van der Waals surface area contributed by atoms with E-state index >= 15 is 0 Å². The van der Waals surface area contributed by atoms with Crippen molar-refractivity contribution in [1.82, 2.24) is 20.2 Å². The highest BCUT2D eigenvalue weighted by molar-refractivity contribution is 5.85. The van der Waals surface area contributed by atoms with E-state index in [2.05, 4.69) is 24.8 Å². The first-order chi connectivity index (χ1) is 9.75. The maximum absolute atomic E-state index is 6.15. The molecule has 1 aliphatic rings. The molecule has 0 aromatic carbocycles. The molecule has 20 heavy (non-hydrogen) atoms. The number of piperidine rings is 1. The van der Waals surface area contributed by atoms with Crippen molar-refractivity contribution in [2.24, 2.45) is 0 Å². The molecule has 2 aromatic heterocycles. The summed E-state index contributed by atoms with van der Waals surface area (Å²) in [6.07, 6.45) is 3.86. The third-order valence-electron chi connectivity index (χ3n) is 3.59. The maximum Gasteiger partial charge on any atom is 0.226 e. The van der Waals surface area contributed by atoms with Crippen LogP contribution in [0.2, 0.25) is 0 Å². The number of pyridine rings is 1. The zero-order chi connectivity index (χ0) is 14.5. The van der Waals surface area contributed by atoms with Crippen molar-refractivity contribution in [2.45, 2.75) is 46.6 Å². The summed E-state index contributed by atoms with van der Waals surface area (Å²) in [6.45, 7) is 9.07. The molecule has 0 bridgehead atoms. The second-order valence-corrected chi connectivity index (χ2v) is 4.86. The van der Waals surface area contributed by atoms with E-state index in [1.807, 2.05) is 20.8 Å². The summed E-state index contributed by atoms with van der Waals surface area (Å²) in [7, 11) is 0. The Labute approximate surface area is 119 Å². The smallest absolute Gasteiger partial charge is 0.226 e. The number of hydrogen-bond acceptors (Lipinski definition) is 6. The van der Waals surface area contributed by atoms with Gasteiger partial charge in [-0.3, -0.25) is 4.90 Å². The van der Waals surface area contributed by atoms with Crippen LogP contribution in [0.3, 0.4) is 0 Å². The van der Waals surface area contributed by atoms with E-state index in [0.29, 0.717) is 16.9 Å². The number of nitrogens with zero attached hydrogens (tertiary/aromatic N) is 4. The number of anilines is 1. The van der Waals surface area contributed by atoms with E-state index in [4.69, 9.17) is 5.73 Å². The van der Waals surface area contributed by atoms with Gasteiger partial charge in [-0.15, -0.1) is 0 Å². The lowest BCUT2D eigenvalue weighted by Gasteiger charge is -2.27. The van der Waals surface area contributed by atoms with Crippen molar-refractivity contribution in [1.29, 1.82) is 0 Å². The molecule has 2 N–H and O–H groups in total. The van der Waals surface area contributed by atoms with E-state index < -0.39 is 0 Å². The quantitative estimate of drug-likeness (QED) is 0.908. The highest BCUT2D eigenvalue weighted by atomic mass is 16.6. The first-order valence-corrected chi connectivity index (χ1v) is 7.35. The van der Waals surface area contributed by atoms with Gasteiger partial charge in [0.15, 0.2) is 5.52 Å². The molecule has 2 aromatic rings. The minimum atomic E-state index is 0.493. The maximum atomic E-state index is 6.15. The number of fused-ring (bicyclic) bond motifs is 1. The van der Waals surface area contributed by atoms with Crippen LogP contribution in [0.1, 0.15) is 44.4 Å². The topological polar surface area (TPSA) is 81.1 Å². The molecular weight excluding hydrogens is 254 g/mol. The van der Waals surface area contributed by atoms with Gasteiger partial charge in [0.2, 0.25) is 5.65 Å². The van der Waals surface area contributed by atoms with Gasteiger partial charge in [0.25, 0.3) is 0 Å². The first kappa shape index (κ1) is 14.7. The lowest BCUT2D eigenvalue weighted by molar-refractivity contribution is 0.220. The predicted molar refractivity (Wildman–Crippen MR) is 79.2 cm³/mol. The number of hydrogen-bond donors (Lipinski definition) is 1.